The minimum Gasteiger partial charge on any atom is -0.482 e. The molecule has 3 aromatic rings. The van der Waals surface area contributed by atoms with E-state index in [0.29, 0.717) is 17.0 Å². The predicted octanol–water partition coefficient (Wildman–Crippen LogP) is 1.72. The summed E-state index contributed by atoms with van der Waals surface area (Å²) in [7, 11) is 0. The van der Waals surface area contributed by atoms with Gasteiger partial charge in [0.25, 0.3) is 11.8 Å². The van der Waals surface area contributed by atoms with Crippen LogP contribution in [0.25, 0.3) is 11.0 Å². The quantitative estimate of drug-likeness (QED) is 0.493. The van der Waals surface area contributed by atoms with Gasteiger partial charge in [-0.1, -0.05) is 6.07 Å². The van der Waals surface area contributed by atoms with Gasteiger partial charge in [0.15, 0.2) is 12.3 Å². The van der Waals surface area contributed by atoms with Crippen molar-refractivity contribution in [3.05, 3.63) is 42.0 Å². The number of halogens is 3. The second-order valence-electron chi connectivity index (χ2n) is 6.45. The van der Waals surface area contributed by atoms with Crippen molar-refractivity contribution in [2.45, 2.75) is 12.7 Å². The van der Waals surface area contributed by atoms with Gasteiger partial charge in [-0.15, -0.1) is 0 Å². The van der Waals surface area contributed by atoms with Crippen molar-refractivity contribution in [3.8, 4) is 5.75 Å². The topological polar surface area (TPSA) is 138 Å². The Hall–Kier alpha value is -4.16. The third kappa shape index (κ3) is 4.10. The molecule has 1 aliphatic heterocycles. The summed E-state index contributed by atoms with van der Waals surface area (Å²) in [6, 6.07) is 4.99. The lowest BCUT2D eigenvalue weighted by atomic mass is 10.1. The highest BCUT2D eigenvalue weighted by atomic mass is 19.4. The minimum absolute atomic E-state index is 0.0496. The summed E-state index contributed by atoms with van der Waals surface area (Å²) in [5.41, 5.74) is 0.788. The highest BCUT2D eigenvalue weighted by molar-refractivity contribution is 6.08. The molecule has 0 aliphatic carbocycles. The van der Waals surface area contributed by atoms with Crippen LogP contribution >= 0.6 is 0 Å². The molecule has 4 rings (SSSR count). The number of fused-ring (bicyclic) bond motifs is 2. The van der Waals surface area contributed by atoms with Crippen molar-refractivity contribution < 1.29 is 32.3 Å². The van der Waals surface area contributed by atoms with Crippen LogP contribution in [0.5, 0.6) is 5.75 Å². The lowest BCUT2D eigenvalue weighted by Gasteiger charge is -2.18. The summed E-state index contributed by atoms with van der Waals surface area (Å²) < 4.78 is 42.7. The minimum atomic E-state index is -5.07. The van der Waals surface area contributed by atoms with E-state index in [4.69, 9.17) is 4.74 Å². The van der Waals surface area contributed by atoms with Gasteiger partial charge in [-0.2, -0.15) is 13.2 Å². The molecule has 160 valence electrons. The fraction of sp³-hybridized carbons (Fsp3) is 0.167. The van der Waals surface area contributed by atoms with Gasteiger partial charge in [0.1, 0.15) is 17.6 Å². The van der Waals surface area contributed by atoms with Gasteiger partial charge in [0.2, 0.25) is 0 Å². The maximum absolute atomic E-state index is 12.6. The molecule has 0 saturated heterocycles. The van der Waals surface area contributed by atoms with E-state index in [2.05, 4.69) is 25.6 Å². The first-order valence-electron chi connectivity index (χ1n) is 8.76. The fourth-order valence-electron chi connectivity index (χ4n) is 2.91. The summed E-state index contributed by atoms with van der Waals surface area (Å²) in [6.45, 7) is 0.000207. The van der Waals surface area contributed by atoms with Gasteiger partial charge >= 0.3 is 12.1 Å². The van der Waals surface area contributed by atoms with Crippen LogP contribution in [-0.4, -0.2) is 45.5 Å². The van der Waals surface area contributed by atoms with Crippen LogP contribution in [-0.2, 0) is 16.1 Å². The third-order valence-corrected chi connectivity index (χ3v) is 4.31. The first-order valence-corrected chi connectivity index (χ1v) is 8.76. The Morgan fingerprint density at radius 2 is 2.03 bits per heavy atom. The van der Waals surface area contributed by atoms with Crippen LogP contribution in [0, 0.1) is 0 Å². The van der Waals surface area contributed by atoms with E-state index in [1.807, 2.05) is 0 Å². The van der Waals surface area contributed by atoms with E-state index in [9.17, 15) is 27.6 Å². The van der Waals surface area contributed by atoms with E-state index >= 15 is 0 Å². The molecule has 3 heterocycles. The third-order valence-electron chi connectivity index (χ3n) is 4.31. The van der Waals surface area contributed by atoms with E-state index in [-0.39, 0.29) is 41.5 Å². The summed E-state index contributed by atoms with van der Waals surface area (Å²) in [6.07, 6.45) is -2.98. The van der Waals surface area contributed by atoms with Gasteiger partial charge in [0, 0.05) is 12.7 Å². The molecule has 0 radical (unpaired) electrons. The molecular formula is C18H13F3N6O4. The molecule has 2 aromatic heterocycles. The largest absolute Gasteiger partial charge is 0.482 e. The Morgan fingerprint density at radius 3 is 2.81 bits per heavy atom. The fourth-order valence-corrected chi connectivity index (χ4v) is 2.91. The van der Waals surface area contributed by atoms with Crippen LogP contribution in [0.15, 0.2) is 30.7 Å². The summed E-state index contributed by atoms with van der Waals surface area (Å²) in [4.78, 5) is 45.5. The van der Waals surface area contributed by atoms with E-state index in [1.165, 1.54) is 0 Å². The maximum atomic E-state index is 12.6. The first-order chi connectivity index (χ1) is 14.7. The molecule has 0 spiro atoms. The summed E-state index contributed by atoms with van der Waals surface area (Å²) in [5, 5.41) is 6.98. The molecule has 10 nitrogen and oxygen atoms in total. The van der Waals surface area contributed by atoms with Crippen molar-refractivity contribution in [2.75, 3.05) is 17.2 Å². The Labute approximate surface area is 171 Å². The van der Waals surface area contributed by atoms with Crippen LogP contribution in [0.3, 0.4) is 0 Å². The number of rotatable bonds is 4. The first kappa shape index (κ1) is 20.1. The molecule has 0 fully saturated rings. The number of carbonyl (C=O) groups is 3. The van der Waals surface area contributed by atoms with Crippen LogP contribution in [0.2, 0.25) is 0 Å². The highest BCUT2D eigenvalue weighted by Crippen LogP contribution is 2.29. The summed E-state index contributed by atoms with van der Waals surface area (Å²) >= 11 is 0. The zero-order valence-electron chi connectivity index (χ0n) is 15.5. The second-order valence-corrected chi connectivity index (χ2v) is 6.45. The predicted molar refractivity (Wildman–Crippen MR) is 100 cm³/mol. The lowest BCUT2D eigenvalue weighted by Crippen LogP contribution is -2.29. The standard InChI is InChI=1S/C18H13F3N6O4/c19-18(20,21)17(30)27-10-5-22-14-13(10)24-7-25-15(14)16(29)23-4-8-1-2-11-9(3-8)26-12(28)6-31-11/h1-3,5,7,22H,4,6H2,(H,23,29)(H,26,28)(H,27,30). The molecule has 0 bridgehead atoms. The number of aromatic amines is 1. The van der Waals surface area contributed by atoms with Crippen molar-refractivity contribution >= 4 is 40.1 Å². The monoisotopic (exact) mass is 434 g/mol. The number of nitrogens with one attached hydrogen (secondary N) is 4. The van der Waals surface area contributed by atoms with Crippen molar-refractivity contribution in [3.63, 3.8) is 0 Å². The number of hydrogen-bond acceptors (Lipinski definition) is 6. The molecule has 0 unspecified atom stereocenters. The molecule has 0 atom stereocenters. The second kappa shape index (κ2) is 7.59. The average molecular weight is 434 g/mol. The molecule has 13 heteroatoms. The maximum Gasteiger partial charge on any atom is 0.471 e. The number of alkyl halides is 3. The molecule has 0 saturated carbocycles. The van der Waals surface area contributed by atoms with Gasteiger partial charge in [-0.05, 0) is 17.7 Å². The van der Waals surface area contributed by atoms with Gasteiger partial charge in [-0.25, -0.2) is 9.97 Å². The smallest absolute Gasteiger partial charge is 0.471 e. The number of H-pyrrole nitrogens is 1. The highest BCUT2D eigenvalue weighted by Gasteiger charge is 2.39. The SMILES string of the molecule is O=C1COc2ccc(CNC(=O)c3ncnc4c(NC(=O)C(F)(F)F)c[nH]c34)cc2N1. The number of anilines is 2. The van der Waals surface area contributed by atoms with Gasteiger partial charge in [-0.3, -0.25) is 14.4 Å². The Kier molecular flexibility index (Phi) is 4.93. The molecular weight excluding hydrogens is 421 g/mol. The van der Waals surface area contributed by atoms with Crippen molar-refractivity contribution in [1.82, 2.24) is 20.3 Å². The molecule has 31 heavy (non-hydrogen) atoms. The number of carbonyl (C=O) groups excluding carboxylic acids is 3. The van der Waals surface area contributed by atoms with Crippen molar-refractivity contribution in [2.24, 2.45) is 0 Å². The zero-order valence-corrected chi connectivity index (χ0v) is 15.5. The van der Waals surface area contributed by atoms with E-state index in [1.54, 1.807) is 23.5 Å². The van der Waals surface area contributed by atoms with Crippen LogP contribution in [0.4, 0.5) is 24.5 Å². The number of amides is 3. The number of ether oxygens (including phenoxy) is 1. The van der Waals surface area contributed by atoms with Crippen LogP contribution in [0.1, 0.15) is 16.1 Å². The lowest BCUT2D eigenvalue weighted by molar-refractivity contribution is -0.167. The average Bonchev–Trinajstić information content (AvgIpc) is 3.14. The summed E-state index contributed by atoms with van der Waals surface area (Å²) in [5.74, 6) is -2.58. The van der Waals surface area contributed by atoms with Gasteiger partial charge in [0.05, 0.1) is 16.9 Å². The number of benzene rings is 1. The molecule has 1 aliphatic rings. The number of nitrogens with zero attached hydrogens (tertiary/aromatic N) is 2. The van der Waals surface area contributed by atoms with Crippen molar-refractivity contribution in [1.29, 1.82) is 0 Å². The molecule has 3 amide bonds. The van der Waals surface area contributed by atoms with Crippen LogP contribution < -0.4 is 20.7 Å². The molecule has 1 aromatic carbocycles. The zero-order chi connectivity index (χ0) is 22.2. The van der Waals surface area contributed by atoms with Gasteiger partial charge < -0.3 is 25.7 Å². The number of hydrogen-bond donors (Lipinski definition) is 4. The number of aromatic nitrogens is 3. The van der Waals surface area contributed by atoms with E-state index in [0.717, 1.165) is 12.5 Å². The van der Waals surface area contributed by atoms with E-state index < -0.39 is 18.0 Å². The Bertz CT molecular complexity index is 1210. The Morgan fingerprint density at radius 1 is 1.23 bits per heavy atom. The normalized spacial score (nSPS) is 13.2. The molecule has 4 N–H and O–H groups in total. The Balaban J connectivity index is 1.50.